The lowest BCUT2D eigenvalue weighted by molar-refractivity contribution is -0.144. The molecule has 4 bridgehead atoms. The zero-order valence-electron chi connectivity index (χ0n) is 10.8. The van der Waals surface area contributed by atoms with Gasteiger partial charge in [0.25, 0.3) is 5.91 Å². The molecule has 2 nitrogen and oxygen atoms in total. The van der Waals surface area contributed by atoms with Crippen molar-refractivity contribution in [1.29, 1.82) is 0 Å². The summed E-state index contributed by atoms with van der Waals surface area (Å²) in [5.74, 6) is -2.00. The van der Waals surface area contributed by atoms with Crippen LogP contribution in [0.5, 0.6) is 0 Å². The molecule has 0 spiro atoms. The number of hydrogen-bond donors (Lipinski definition) is 1. The van der Waals surface area contributed by atoms with E-state index in [0.717, 1.165) is 37.0 Å². The third-order valence-electron chi connectivity index (χ3n) is 5.19. The third-order valence-corrected chi connectivity index (χ3v) is 5.19. The number of alkyl halides is 2. The molecule has 0 aliphatic heterocycles. The van der Waals surface area contributed by atoms with Gasteiger partial charge in [-0.05, 0) is 61.7 Å². The molecule has 0 aromatic rings. The van der Waals surface area contributed by atoms with Gasteiger partial charge in [-0.2, -0.15) is 8.78 Å². The Hall–Kier alpha value is -0.670. The van der Waals surface area contributed by atoms with Crippen molar-refractivity contribution in [2.45, 2.75) is 51.4 Å². The molecule has 0 aromatic carbocycles. The van der Waals surface area contributed by atoms with Crippen LogP contribution in [0.1, 0.15) is 45.4 Å². The first-order chi connectivity index (χ1) is 8.36. The van der Waals surface area contributed by atoms with Crippen molar-refractivity contribution in [3.63, 3.8) is 0 Å². The maximum Gasteiger partial charge on any atom is 0.321 e. The number of carbonyl (C=O) groups excluding carboxylic acids is 1. The van der Waals surface area contributed by atoms with Crippen molar-refractivity contribution >= 4 is 5.91 Å². The highest BCUT2D eigenvalue weighted by atomic mass is 19.3. The Labute approximate surface area is 107 Å². The molecule has 4 saturated carbocycles. The Morgan fingerprint density at radius 1 is 1.17 bits per heavy atom. The molecule has 4 rings (SSSR count). The van der Waals surface area contributed by atoms with Crippen LogP contribution in [0.4, 0.5) is 8.78 Å². The number of nitrogens with one attached hydrogen (secondary N) is 1. The van der Waals surface area contributed by atoms with Gasteiger partial charge in [-0.1, -0.05) is 0 Å². The molecule has 0 heterocycles. The lowest BCUT2D eigenvalue weighted by Crippen LogP contribution is -2.52. The summed E-state index contributed by atoms with van der Waals surface area (Å²) in [6, 6.07) is 0. The molecule has 0 radical (unpaired) electrons. The minimum absolute atomic E-state index is 0.135. The van der Waals surface area contributed by atoms with Crippen LogP contribution in [0.15, 0.2) is 0 Å². The molecular formula is C14H21F2NO. The van der Waals surface area contributed by atoms with Gasteiger partial charge in [-0.15, -0.1) is 0 Å². The molecular weight excluding hydrogens is 236 g/mol. The largest absolute Gasteiger partial charge is 0.350 e. The molecule has 1 N–H and O–H groups in total. The fourth-order valence-electron chi connectivity index (χ4n) is 4.93. The summed E-state index contributed by atoms with van der Waals surface area (Å²) in [6.45, 7) is 1.13. The van der Waals surface area contributed by atoms with Gasteiger partial charge in [0, 0.05) is 13.5 Å². The summed E-state index contributed by atoms with van der Waals surface area (Å²) in [5, 5.41) is 2.49. The molecule has 0 atom stereocenters. The van der Waals surface area contributed by atoms with Gasteiger partial charge in [0.1, 0.15) is 0 Å². The van der Waals surface area contributed by atoms with E-state index in [4.69, 9.17) is 0 Å². The number of halogens is 2. The zero-order chi connectivity index (χ0) is 13.0. The highest BCUT2D eigenvalue weighted by Crippen LogP contribution is 2.59. The molecule has 0 unspecified atom stereocenters. The van der Waals surface area contributed by atoms with Gasteiger partial charge in [-0.3, -0.25) is 4.79 Å². The van der Waals surface area contributed by atoms with E-state index in [1.165, 1.54) is 19.3 Å². The zero-order valence-corrected chi connectivity index (χ0v) is 10.8. The highest BCUT2D eigenvalue weighted by Gasteiger charge is 2.51. The van der Waals surface area contributed by atoms with Crippen LogP contribution in [0.25, 0.3) is 0 Å². The Morgan fingerprint density at radius 3 is 2.00 bits per heavy atom. The van der Waals surface area contributed by atoms with Gasteiger partial charge in [0.15, 0.2) is 0 Å². The van der Waals surface area contributed by atoms with Crippen molar-refractivity contribution in [2.24, 2.45) is 23.2 Å². The van der Waals surface area contributed by atoms with Crippen molar-refractivity contribution in [2.75, 3.05) is 6.54 Å². The first-order valence-corrected chi connectivity index (χ1v) is 7.02. The molecule has 18 heavy (non-hydrogen) atoms. The van der Waals surface area contributed by atoms with E-state index in [1.807, 2.05) is 0 Å². The predicted octanol–water partition coefficient (Wildman–Crippen LogP) is 2.97. The maximum absolute atomic E-state index is 12.9. The van der Waals surface area contributed by atoms with E-state index in [9.17, 15) is 13.6 Å². The number of rotatable bonds is 3. The fourth-order valence-corrected chi connectivity index (χ4v) is 4.93. The lowest BCUT2D eigenvalue weighted by atomic mass is 9.49. The van der Waals surface area contributed by atoms with Crippen LogP contribution in [0, 0.1) is 23.2 Å². The average molecular weight is 257 g/mol. The molecule has 102 valence electrons. The second-order valence-corrected chi connectivity index (χ2v) is 6.99. The first-order valence-electron chi connectivity index (χ1n) is 7.02. The summed E-state index contributed by atoms with van der Waals surface area (Å²) in [7, 11) is 0. The number of amides is 1. The van der Waals surface area contributed by atoms with Crippen LogP contribution in [0.3, 0.4) is 0 Å². The van der Waals surface area contributed by atoms with Crippen LogP contribution >= 0.6 is 0 Å². The SMILES string of the molecule is CC(F)(F)C(=O)NCC12CC3CC(CC(C3)C1)C2. The molecule has 4 aliphatic carbocycles. The summed E-state index contributed by atoms with van der Waals surface area (Å²) < 4.78 is 25.7. The predicted molar refractivity (Wildman–Crippen MR) is 64.2 cm³/mol. The first kappa shape index (κ1) is 12.4. The van der Waals surface area contributed by atoms with Crippen LogP contribution < -0.4 is 5.32 Å². The van der Waals surface area contributed by atoms with Crippen molar-refractivity contribution < 1.29 is 13.6 Å². The Kier molecular flexibility index (Phi) is 2.69. The van der Waals surface area contributed by atoms with Crippen LogP contribution in [0.2, 0.25) is 0 Å². The summed E-state index contributed by atoms with van der Waals surface area (Å²) in [4.78, 5) is 11.3. The number of carbonyl (C=O) groups is 1. The molecule has 4 heteroatoms. The quantitative estimate of drug-likeness (QED) is 0.827. The molecule has 4 aliphatic rings. The van der Waals surface area contributed by atoms with Gasteiger partial charge >= 0.3 is 5.92 Å². The highest BCUT2D eigenvalue weighted by molar-refractivity contribution is 5.82. The second kappa shape index (κ2) is 3.91. The number of hydrogen-bond acceptors (Lipinski definition) is 1. The fraction of sp³-hybridized carbons (Fsp3) is 0.929. The van der Waals surface area contributed by atoms with E-state index < -0.39 is 11.8 Å². The van der Waals surface area contributed by atoms with Gasteiger partial charge < -0.3 is 5.32 Å². The van der Waals surface area contributed by atoms with E-state index in [1.54, 1.807) is 0 Å². The summed E-state index contributed by atoms with van der Waals surface area (Å²) in [6.07, 6.45) is 7.39. The molecule has 1 amide bonds. The van der Waals surface area contributed by atoms with E-state index >= 15 is 0 Å². The van der Waals surface area contributed by atoms with Crippen molar-refractivity contribution in [1.82, 2.24) is 5.32 Å². The van der Waals surface area contributed by atoms with Gasteiger partial charge in [-0.25, -0.2) is 0 Å². The van der Waals surface area contributed by atoms with Gasteiger partial charge in [0.05, 0.1) is 0 Å². The Bertz CT molecular complexity index is 326. The van der Waals surface area contributed by atoms with Crippen molar-refractivity contribution in [3.05, 3.63) is 0 Å². The second-order valence-electron chi connectivity index (χ2n) is 6.99. The standard InChI is InChI=1S/C14H21F2NO/c1-13(15,16)12(18)17-8-14-5-9-2-10(6-14)4-11(3-9)7-14/h9-11H,2-8H2,1H3,(H,17,18). The Morgan fingerprint density at radius 2 is 1.61 bits per heavy atom. The van der Waals surface area contributed by atoms with E-state index in [2.05, 4.69) is 5.32 Å². The van der Waals surface area contributed by atoms with Gasteiger partial charge in [0.2, 0.25) is 0 Å². The minimum atomic E-state index is -3.25. The topological polar surface area (TPSA) is 29.1 Å². The molecule has 0 saturated heterocycles. The molecule has 4 fully saturated rings. The maximum atomic E-state index is 12.9. The van der Waals surface area contributed by atoms with E-state index in [-0.39, 0.29) is 5.41 Å². The minimum Gasteiger partial charge on any atom is -0.350 e. The monoisotopic (exact) mass is 257 g/mol. The average Bonchev–Trinajstić information content (AvgIpc) is 2.22. The summed E-state index contributed by atoms with van der Waals surface area (Å²) >= 11 is 0. The van der Waals surface area contributed by atoms with E-state index in [0.29, 0.717) is 13.5 Å². The van der Waals surface area contributed by atoms with Crippen LogP contribution in [-0.4, -0.2) is 18.4 Å². The molecule has 0 aromatic heterocycles. The summed E-state index contributed by atoms with van der Waals surface area (Å²) in [5.41, 5.74) is 0.135. The van der Waals surface area contributed by atoms with Crippen molar-refractivity contribution in [3.8, 4) is 0 Å². The smallest absolute Gasteiger partial charge is 0.321 e. The van der Waals surface area contributed by atoms with Crippen LogP contribution in [-0.2, 0) is 4.79 Å². The normalized spacial score (nSPS) is 42.1. The lowest BCUT2D eigenvalue weighted by Gasteiger charge is -2.56. The Balaban J connectivity index is 1.64. The third kappa shape index (κ3) is 2.14.